The van der Waals surface area contributed by atoms with Gasteiger partial charge >= 0.3 is 0 Å². The third kappa shape index (κ3) is 3.13. The highest BCUT2D eigenvalue weighted by Crippen LogP contribution is 2.44. The lowest BCUT2D eigenvalue weighted by Gasteiger charge is -2.34. The van der Waals surface area contributed by atoms with E-state index in [1.165, 1.54) is 6.08 Å². The lowest BCUT2D eigenvalue weighted by molar-refractivity contribution is -0.128. The van der Waals surface area contributed by atoms with Crippen molar-refractivity contribution >= 4 is 5.78 Å². The zero-order valence-electron chi connectivity index (χ0n) is 7.52. The van der Waals surface area contributed by atoms with Crippen LogP contribution in [-0.2, 0) is 4.79 Å². The lowest BCUT2D eigenvalue weighted by Crippen LogP contribution is -2.36. The molecular weight excluding hydrogens is 176 g/mol. The number of rotatable bonds is 3. The van der Waals surface area contributed by atoms with Crippen LogP contribution in [0.5, 0.6) is 0 Å². The Morgan fingerprint density at radius 3 is 2.54 bits per heavy atom. The highest BCUT2D eigenvalue weighted by Gasteiger charge is 2.45. The van der Waals surface area contributed by atoms with Crippen molar-refractivity contribution in [3.05, 3.63) is 11.8 Å². The summed E-state index contributed by atoms with van der Waals surface area (Å²) in [5.41, 5.74) is 5.70. The first-order valence-corrected chi connectivity index (χ1v) is 4.23. The van der Waals surface area contributed by atoms with E-state index in [-0.39, 0.29) is 31.0 Å². The monoisotopic (exact) mass is 189 g/mol. The summed E-state index contributed by atoms with van der Waals surface area (Å²) >= 11 is 0. The minimum atomic E-state index is -2.54. The number of carbonyl (C=O) groups excluding carboxylic acids is 1. The van der Waals surface area contributed by atoms with Gasteiger partial charge in [0.2, 0.25) is 5.92 Å². The van der Waals surface area contributed by atoms with Crippen molar-refractivity contribution < 1.29 is 13.6 Å². The number of hydrogen-bond acceptors (Lipinski definition) is 2. The predicted molar refractivity (Wildman–Crippen MR) is 45.2 cm³/mol. The third-order valence-electron chi connectivity index (χ3n) is 2.05. The Morgan fingerprint density at radius 2 is 2.15 bits per heavy atom. The molecule has 74 valence electrons. The van der Waals surface area contributed by atoms with E-state index in [1.54, 1.807) is 6.92 Å². The topological polar surface area (TPSA) is 43.1 Å². The lowest BCUT2D eigenvalue weighted by atomic mass is 9.78. The summed E-state index contributed by atoms with van der Waals surface area (Å²) < 4.78 is 24.7. The van der Waals surface area contributed by atoms with Crippen LogP contribution in [-0.4, -0.2) is 11.7 Å². The number of ketones is 1. The fourth-order valence-electron chi connectivity index (χ4n) is 1.53. The van der Waals surface area contributed by atoms with E-state index in [9.17, 15) is 13.6 Å². The summed E-state index contributed by atoms with van der Waals surface area (Å²) in [6, 6.07) is 0. The maximum absolute atomic E-state index is 12.3. The Labute approximate surface area is 75.8 Å². The molecule has 1 rings (SSSR count). The Morgan fingerprint density at radius 1 is 1.62 bits per heavy atom. The van der Waals surface area contributed by atoms with Crippen LogP contribution in [0.3, 0.4) is 0 Å². The van der Waals surface area contributed by atoms with Gasteiger partial charge in [0, 0.05) is 25.0 Å². The quantitative estimate of drug-likeness (QED) is 0.688. The maximum Gasteiger partial charge on any atom is 0.248 e. The van der Waals surface area contributed by atoms with E-state index >= 15 is 0 Å². The highest BCUT2D eigenvalue weighted by molar-refractivity contribution is 5.90. The summed E-state index contributed by atoms with van der Waals surface area (Å²) in [4.78, 5) is 11.1. The fraction of sp³-hybridized carbons (Fsp3) is 0.667. The number of nitrogens with two attached hydrogens (primary N) is 1. The molecule has 0 aromatic heterocycles. The van der Waals surface area contributed by atoms with E-state index in [0.29, 0.717) is 5.70 Å². The Bertz CT molecular complexity index is 236. The molecule has 2 nitrogen and oxygen atoms in total. The van der Waals surface area contributed by atoms with Crippen molar-refractivity contribution in [3.63, 3.8) is 0 Å². The van der Waals surface area contributed by atoms with Crippen LogP contribution in [0.25, 0.3) is 0 Å². The normalized spacial score (nSPS) is 22.5. The predicted octanol–water partition coefficient (Wildman–Crippen LogP) is 1.85. The van der Waals surface area contributed by atoms with Gasteiger partial charge in [-0.2, -0.15) is 0 Å². The van der Waals surface area contributed by atoms with Gasteiger partial charge in [0.25, 0.3) is 0 Å². The molecule has 0 heterocycles. The zero-order valence-corrected chi connectivity index (χ0v) is 7.52. The zero-order chi connectivity index (χ0) is 10.1. The molecule has 0 spiro atoms. The van der Waals surface area contributed by atoms with Crippen LogP contribution < -0.4 is 5.73 Å². The van der Waals surface area contributed by atoms with Crippen LogP contribution in [0.2, 0.25) is 0 Å². The van der Waals surface area contributed by atoms with E-state index < -0.39 is 5.92 Å². The Balaban J connectivity index is 2.29. The molecule has 0 unspecified atom stereocenters. The first kappa shape index (κ1) is 10.2. The average Bonchev–Trinajstić information content (AvgIpc) is 1.79. The molecule has 0 amide bonds. The molecule has 0 aliphatic heterocycles. The summed E-state index contributed by atoms with van der Waals surface area (Å²) in [7, 11) is 0. The minimum Gasteiger partial charge on any atom is -0.402 e. The second-order valence-corrected chi connectivity index (χ2v) is 3.69. The molecule has 1 aliphatic carbocycles. The number of alkyl halides is 2. The molecule has 0 aromatic carbocycles. The van der Waals surface area contributed by atoms with E-state index in [0.717, 1.165) is 0 Å². The van der Waals surface area contributed by atoms with Crippen LogP contribution >= 0.6 is 0 Å². The number of halogens is 2. The molecule has 4 heteroatoms. The van der Waals surface area contributed by atoms with Gasteiger partial charge in [-0.15, -0.1) is 0 Å². The summed E-state index contributed by atoms with van der Waals surface area (Å²) in [6.45, 7) is 1.60. The molecule has 1 fully saturated rings. The Hall–Kier alpha value is -0.930. The van der Waals surface area contributed by atoms with Gasteiger partial charge in [-0.25, -0.2) is 8.78 Å². The first-order valence-electron chi connectivity index (χ1n) is 4.23. The minimum absolute atomic E-state index is 0.152. The molecule has 0 bridgehead atoms. The van der Waals surface area contributed by atoms with Crippen molar-refractivity contribution in [2.75, 3.05) is 0 Å². The van der Waals surface area contributed by atoms with Crippen molar-refractivity contribution in [3.8, 4) is 0 Å². The highest BCUT2D eigenvalue weighted by atomic mass is 19.3. The van der Waals surface area contributed by atoms with E-state index in [4.69, 9.17) is 5.73 Å². The van der Waals surface area contributed by atoms with E-state index in [1.807, 2.05) is 0 Å². The summed E-state index contributed by atoms with van der Waals surface area (Å²) in [5, 5.41) is 0. The second kappa shape index (κ2) is 3.44. The van der Waals surface area contributed by atoms with Gasteiger partial charge in [-0.05, 0) is 18.9 Å². The Kier molecular flexibility index (Phi) is 2.68. The van der Waals surface area contributed by atoms with Gasteiger partial charge in [0.15, 0.2) is 5.78 Å². The number of hydrogen-bond donors (Lipinski definition) is 1. The second-order valence-electron chi connectivity index (χ2n) is 3.69. The van der Waals surface area contributed by atoms with Gasteiger partial charge in [-0.1, -0.05) is 0 Å². The third-order valence-corrected chi connectivity index (χ3v) is 2.05. The molecule has 2 N–H and O–H groups in total. The largest absolute Gasteiger partial charge is 0.402 e. The van der Waals surface area contributed by atoms with Gasteiger partial charge < -0.3 is 5.73 Å². The molecule has 13 heavy (non-hydrogen) atoms. The smallest absolute Gasteiger partial charge is 0.248 e. The molecule has 0 radical (unpaired) electrons. The average molecular weight is 189 g/mol. The first-order chi connectivity index (χ1) is 5.89. The summed E-state index contributed by atoms with van der Waals surface area (Å²) in [6.07, 6.45) is 1.19. The molecule has 0 aromatic rings. The molecule has 1 saturated carbocycles. The number of carbonyl (C=O) groups is 1. The molecule has 0 atom stereocenters. The number of allylic oxidation sites excluding steroid dienone is 2. The summed E-state index contributed by atoms with van der Waals surface area (Å²) in [5.74, 6) is -2.84. The van der Waals surface area contributed by atoms with Crippen molar-refractivity contribution in [1.29, 1.82) is 0 Å². The van der Waals surface area contributed by atoms with Gasteiger partial charge in [0.1, 0.15) is 0 Å². The van der Waals surface area contributed by atoms with Crippen molar-refractivity contribution in [1.82, 2.24) is 0 Å². The molecule has 0 saturated heterocycles. The van der Waals surface area contributed by atoms with Gasteiger partial charge in [-0.3, -0.25) is 4.79 Å². The maximum atomic E-state index is 12.3. The van der Waals surface area contributed by atoms with Crippen LogP contribution in [0.1, 0.15) is 26.2 Å². The standard InChI is InChI=1S/C9H13F2NO/c1-6(12)2-8(13)3-7-4-9(10,11)5-7/h2,7H,3-5,12H2,1H3/b6-2-. The van der Waals surface area contributed by atoms with Crippen LogP contribution in [0, 0.1) is 5.92 Å². The van der Waals surface area contributed by atoms with Crippen LogP contribution in [0.15, 0.2) is 11.8 Å². The molecular formula is C9H13F2NO. The van der Waals surface area contributed by atoms with Gasteiger partial charge in [0.05, 0.1) is 0 Å². The van der Waals surface area contributed by atoms with Crippen molar-refractivity contribution in [2.24, 2.45) is 11.7 Å². The van der Waals surface area contributed by atoms with E-state index in [2.05, 4.69) is 0 Å². The molecule has 1 aliphatic rings. The van der Waals surface area contributed by atoms with Crippen LogP contribution in [0.4, 0.5) is 8.78 Å². The fourth-order valence-corrected chi connectivity index (χ4v) is 1.53. The SMILES string of the molecule is C/C(N)=C/C(=O)CC1CC(F)(F)C1. The van der Waals surface area contributed by atoms with Crippen molar-refractivity contribution in [2.45, 2.75) is 32.1 Å².